The fraction of sp³-hybridized carbons (Fsp3) is 0.750. The molecule has 4 aliphatic rings. The topological polar surface area (TPSA) is 37.3 Å². The number of hydrogen-bond acceptors (Lipinski definition) is 2. The van der Waals surface area contributed by atoms with Gasteiger partial charge in [0.15, 0.2) is 5.78 Å². The second-order valence-electron chi connectivity index (χ2n) is 8.21. The molecule has 0 aromatic carbocycles. The average Bonchev–Trinajstić information content (AvgIpc) is 2.84. The summed E-state index contributed by atoms with van der Waals surface area (Å²) in [5.41, 5.74) is 3.35. The second-order valence-corrected chi connectivity index (χ2v) is 8.21. The maximum Gasteiger partial charge on any atom is 0.155 e. The maximum atomic E-state index is 11.7. The van der Waals surface area contributed by atoms with E-state index in [0.29, 0.717) is 17.1 Å². The van der Waals surface area contributed by atoms with Gasteiger partial charge in [0.1, 0.15) is 0 Å². The van der Waals surface area contributed by atoms with Gasteiger partial charge in [0.25, 0.3) is 0 Å². The van der Waals surface area contributed by atoms with E-state index < -0.39 is 0 Å². The number of aliphatic hydroxyl groups is 1. The third kappa shape index (κ3) is 2.06. The van der Waals surface area contributed by atoms with Crippen LogP contribution in [0.5, 0.6) is 0 Å². The Hall–Kier alpha value is -0.890. The predicted octanol–water partition coefficient (Wildman–Crippen LogP) is 4.05. The molecular weight excluding hydrogens is 272 g/mol. The third-order valence-electron chi connectivity index (χ3n) is 7.49. The predicted molar refractivity (Wildman–Crippen MR) is 87.3 cm³/mol. The van der Waals surface area contributed by atoms with Gasteiger partial charge in [0.05, 0.1) is 6.61 Å². The van der Waals surface area contributed by atoms with Crippen molar-refractivity contribution in [3.8, 4) is 0 Å². The first kappa shape index (κ1) is 14.7. The molecule has 0 aromatic rings. The van der Waals surface area contributed by atoms with Crippen LogP contribution < -0.4 is 0 Å². The van der Waals surface area contributed by atoms with Gasteiger partial charge in [-0.05, 0) is 80.1 Å². The number of aliphatic hydroxyl groups excluding tert-OH is 1. The van der Waals surface area contributed by atoms with E-state index >= 15 is 0 Å². The highest BCUT2D eigenvalue weighted by atomic mass is 16.2. The fourth-order valence-electron chi connectivity index (χ4n) is 6.47. The van der Waals surface area contributed by atoms with Crippen LogP contribution in [0.25, 0.3) is 0 Å². The quantitative estimate of drug-likeness (QED) is 0.742. The van der Waals surface area contributed by atoms with Crippen molar-refractivity contribution >= 4 is 5.78 Å². The monoisotopic (exact) mass is 300 g/mol. The third-order valence-corrected chi connectivity index (χ3v) is 7.49. The Labute approximate surface area is 133 Å². The summed E-state index contributed by atoms with van der Waals surface area (Å²) in [6.07, 6.45) is 13.5. The van der Waals surface area contributed by atoms with E-state index in [1.807, 2.05) is 6.08 Å². The Bertz CT molecular complexity index is 544. The molecule has 1 N–H and O–H groups in total. The van der Waals surface area contributed by atoms with Crippen LogP contribution in [0.2, 0.25) is 0 Å². The minimum absolute atomic E-state index is 0.198. The minimum atomic E-state index is 0.198. The van der Waals surface area contributed by atoms with Gasteiger partial charge in [0.2, 0.25) is 0 Å². The molecule has 120 valence electrons. The normalized spacial score (nSPS) is 46.0. The zero-order valence-corrected chi connectivity index (χ0v) is 13.7. The van der Waals surface area contributed by atoms with Crippen molar-refractivity contribution in [1.82, 2.24) is 0 Å². The molecule has 22 heavy (non-hydrogen) atoms. The molecule has 3 saturated carbocycles. The Balaban J connectivity index is 1.62. The summed E-state index contributed by atoms with van der Waals surface area (Å²) in [5.74, 6) is 3.54. The zero-order chi connectivity index (χ0) is 15.3. The Kier molecular flexibility index (Phi) is 3.56. The Morgan fingerprint density at radius 3 is 2.86 bits per heavy atom. The number of ketones is 1. The lowest BCUT2D eigenvalue weighted by Gasteiger charge is -2.53. The highest BCUT2D eigenvalue weighted by molar-refractivity contribution is 5.91. The highest BCUT2D eigenvalue weighted by Gasteiger charge is 2.54. The van der Waals surface area contributed by atoms with Crippen molar-refractivity contribution < 1.29 is 9.90 Å². The number of rotatable bonds is 1. The van der Waals surface area contributed by atoms with E-state index in [4.69, 9.17) is 0 Å². The standard InChI is InChI=1S/C20H28O2/c1-20-10-8-17-16-6-4-15(22)12-13(16)2-5-18(17)19(20)7-3-14(20)9-11-21/h9,12,16-19,21H,2-8,10-11H2,1H3. The molecule has 0 radical (unpaired) electrons. The van der Waals surface area contributed by atoms with Crippen molar-refractivity contribution in [2.24, 2.45) is 29.1 Å². The molecule has 0 spiro atoms. The van der Waals surface area contributed by atoms with Gasteiger partial charge in [-0.3, -0.25) is 4.79 Å². The number of carbonyl (C=O) groups is 1. The molecule has 2 heteroatoms. The summed E-state index contributed by atoms with van der Waals surface area (Å²) in [6.45, 7) is 2.65. The van der Waals surface area contributed by atoms with Gasteiger partial charge in [-0.15, -0.1) is 0 Å². The number of fused-ring (bicyclic) bond motifs is 5. The van der Waals surface area contributed by atoms with Crippen LogP contribution in [-0.4, -0.2) is 17.5 Å². The van der Waals surface area contributed by atoms with E-state index in [-0.39, 0.29) is 6.61 Å². The largest absolute Gasteiger partial charge is 0.392 e. The summed E-state index contributed by atoms with van der Waals surface area (Å²) in [5, 5.41) is 9.33. The summed E-state index contributed by atoms with van der Waals surface area (Å²) in [6, 6.07) is 0. The SMILES string of the molecule is CC12CCC3C4CCC(=O)C=C4CCC3C1CCC2=CCO. The Morgan fingerprint density at radius 2 is 2.05 bits per heavy atom. The van der Waals surface area contributed by atoms with Gasteiger partial charge >= 0.3 is 0 Å². The van der Waals surface area contributed by atoms with Gasteiger partial charge in [-0.25, -0.2) is 0 Å². The molecule has 4 rings (SSSR count). The lowest BCUT2D eigenvalue weighted by molar-refractivity contribution is -0.115. The maximum absolute atomic E-state index is 11.7. The van der Waals surface area contributed by atoms with Crippen LogP contribution in [0.15, 0.2) is 23.3 Å². The first-order valence-electron chi connectivity index (χ1n) is 9.17. The molecule has 0 amide bonds. The van der Waals surface area contributed by atoms with Crippen LogP contribution in [-0.2, 0) is 4.79 Å². The Morgan fingerprint density at radius 1 is 1.18 bits per heavy atom. The highest BCUT2D eigenvalue weighted by Crippen LogP contribution is 2.63. The van der Waals surface area contributed by atoms with E-state index in [1.165, 1.54) is 43.3 Å². The molecule has 4 aliphatic carbocycles. The molecule has 2 nitrogen and oxygen atoms in total. The van der Waals surface area contributed by atoms with Crippen molar-refractivity contribution in [2.75, 3.05) is 6.61 Å². The molecule has 0 saturated heterocycles. The van der Waals surface area contributed by atoms with E-state index in [2.05, 4.69) is 13.0 Å². The van der Waals surface area contributed by atoms with Crippen molar-refractivity contribution in [1.29, 1.82) is 0 Å². The van der Waals surface area contributed by atoms with Crippen LogP contribution in [0.3, 0.4) is 0 Å². The molecule has 5 atom stereocenters. The summed E-state index contributed by atoms with van der Waals surface area (Å²) < 4.78 is 0. The van der Waals surface area contributed by atoms with Crippen molar-refractivity contribution in [3.05, 3.63) is 23.3 Å². The van der Waals surface area contributed by atoms with Crippen molar-refractivity contribution in [2.45, 2.75) is 58.3 Å². The molecule has 0 bridgehead atoms. The zero-order valence-electron chi connectivity index (χ0n) is 13.7. The number of hydrogen-bond donors (Lipinski definition) is 1. The minimum Gasteiger partial charge on any atom is -0.392 e. The number of allylic oxidation sites excluding steroid dienone is 2. The van der Waals surface area contributed by atoms with Gasteiger partial charge in [0, 0.05) is 6.42 Å². The molecule has 0 heterocycles. The smallest absolute Gasteiger partial charge is 0.155 e. The molecule has 3 fully saturated rings. The van der Waals surface area contributed by atoms with Crippen LogP contribution >= 0.6 is 0 Å². The lowest BCUT2D eigenvalue weighted by atomic mass is 9.52. The first-order chi connectivity index (χ1) is 10.6. The average molecular weight is 300 g/mol. The fourth-order valence-corrected chi connectivity index (χ4v) is 6.47. The lowest BCUT2D eigenvalue weighted by Crippen LogP contribution is -2.45. The van der Waals surface area contributed by atoms with Crippen LogP contribution in [0.1, 0.15) is 58.3 Å². The molecular formula is C20H28O2. The van der Waals surface area contributed by atoms with Gasteiger partial charge < -0.3 is 5.11 Å². The molecule has 5 unspecified atom stereocenters. The van der Waals surface area contributed by atoms with Crippen LogP contribution in [0.4, 0.5) is 0 Å². The van der Waals surface area contributed by atoms with E-state index in [9.17, 15) is 9.90 Å². The summed E-state index contributed by atoms with van der Waals surface area (Å²) in [7, 11) is 0. The molecule has 0 aliphatic heterocycles. The summed E-state index contributed by atoms with van der Waals surface area (Å²) in [4.78, 5) is 11.7. The first-order valence-corrected chi connectivity index (χ1v) is 9.17. The van der Waals surface area contributed by atoms with Crippen molar-refractivity contribution in [3.63, 3.8) is 0 Å². The van der Waals surface area contributed by atoms with Gasteiger partial charge in [-0.2, -0.15) is 0 Å². The summed E-state index contributed by atoms with van der Waals surface area (Å²) >= 11 is 0. The second kappa shape index (κ2) is 5.33. The number of carbonyl (C=O) groups excluding carboxylic acids is 1. The van der Waals surface area contributed by atoms with Gasteiger partial charge in [-0.1, -0.05) is 24.1 Å². The van der Waals surface area contributed by atoms with Crippen LogP contribution in [0, 0.1) is 29.1 Å². The van der Waals surface area contributed by atoms with E-state index in [1.54, 1.807) is 0 Å². The molecule has 0 aromatic heterocycles. The van der Waals surface area contributed by atoms with E-state index in [0.717, 1.165) is 37.0 Å².